The standard InChI is InChI=1S/C15H27N3O2S/c1-6-18(12(2)19)14-17-13(10-21-14)9-16-11-15(3,4)7-8-20-5/h10,16H,6-9,11H2,1-5H3. The van der Waals surface area contributed by atoms with Gasteiger partial charge in [0.05, 0.1) is 5.69 Å². The van der Waals surface area contributed by atoms with Crippen LogP contribution in [0.15, 0.2) is 5.38 Å². The van der Waals surface area contributed by atoms with E-state index in [-0.39, 0.29) is 11.3 Å². The van der Waals surface area contributed by atoms with Gasteiger partial charge >= 0.3 is 0 Å². The minimum absolute atomic E-state index is 0.0343. The molecular formula is C15H27N3O2S. The molecule has 0 bridgehead atoms. The predicted octanol–water partition coefficient (Wildman–Crippen LogP) is 2.67. The second-order valence-corrected chi connectivity index (χ2v) is 6.73. The lowest BCUT2D eigenvalue weighted by Crippen LogP contribution is -2.30. The Balaban J connectivity index is 2.47. The molecule has 1 aromatic heterocycles. The van der Waals surface area contributed by atoms with Crippen LogP contribution in [0.1, 0.15) is 39.8 Å². The molecule has 0 aliphatic rings. The molecule has 1 amide bonds. The average molecular weight is 313 g/mol. The maximum Gasteiger partial charge on any atom is 0.225 e. The Morgan fingerprint density at radius 2 is 2.24 bits per heavy atom. The van der Waals surface area contributed by atoms with Gasteiger partial charge in [0.15, 0.2) is 5.13 Å². The van der Waals surface area contributed by atoms with Crippen LogP contribution in [0.3, 0.4) is 0 Å². The number of nitrogens with one attached hydrogen (secondary N) is 1. The van der Waals surface area contributed by atoms with Gasteiger partial charge in [-0.05, 0) is 18.8 Å². The third kappa shape index (κ3) is 6.11. The molecule has 0 saturated heterocycles. The number of carbonyl (C=O) groups excluding carboxylic acids is 1. The number of carbonyl (C=O) groups is 1. The summed E-state index contributed by atoms with van der Waals surface area (Å²) in [5.74, 6) is 0.0343. The molecule has 0 atom stereocenters. The number of hydrogen-bond acceptors (Lipinski definition) is 5. The Kier molecular flexibility index (Phi) is 7.28. The molecule has 0 aliphatic carbocycles. The maximum absolute atomic E-state index is 11.5. The summed E-state index contributed by atoms with van der Waals surface area (Å²) in [6.07, 6.45) is 1.02. The van der Waals surface area contributed by atoms with Gasteiger partial charge in [-0.3, -0.25) is 9.69 Å². The number of anilines is 1. The highest BCUT2D eigenvalue weighted by Gasteiger charge is 2.17. The van der Waals surface area contributed by atoms with Crippen molar-refractivity contribution in [3.63, 3.8) is 0 Å². The van der Waals surface area contributed by atoms with Gasteiger partial charge in [0.25, 0.3) is 0 Å². The molecule has 0 unspecified atom stereocenters. The normalized spacial score (nSPS) is 11.7. The summed E-state index contributed by atoms with van der Waals surface area (Å²) in [6.45, 7) is 11.0. The van der Waals surface area contributed by atoms with Crippen molar-refractivity contribution in [2.45, 2.75) is 40.7 Å². The van der Waals surface area contributed by atoms with Crippen molar-refractivity contribution in [3.05, 3.63) is 11.1 Å². The third-order valence-corrected chi connectivity index (χ3v) is 4.27. The SMILES string of the molecule is CCN(C(C)=O)c1nc(CNCC(C)(C)CCOC)cs1. The van der Waals surface area contributed by atoms with E-state index in [4.69, 9.17) is 4.74 Å². The smallest absolute Gasteiger partial charge is 0.225 e. The van der Waals surface area contributed by atoms with Crippen LogP contribution in [0.2, 0.25) is 0 Å². The molecule has 0 aromatic carbocycles. The van der Waals surface area contributed by atoms with Gasteiger partial charge < -0.3 is 10.1 Å². The van der Waals surface area contributed by atoms with Gasteiger partial charge in [-0.25, -0.2) is 4.98 Å². The van der Waals surface area contributed by atoms with Gasteiger partial charge in [0, 0.05) is 45.7 Å². The van der Waals surface area contributed by atoms with Gasteiger partial charge in [-0.1, -0.05) is 13.8 Å². The van der Waals surface area contributed by atoms with E-state index in [0.29, 0.717) is 6.54 Å². The van der Waals surface area contributed by atoms with E-state index in [2.05, 4.69) is 24.1 Å². The molecule has 0 fully saturated rings. The molecule has 1 heterocycles. The van der Waals surface area contributed by atoms with E-state index in [1.54, 1.807) is 18.9 Å². The number of hydrogen-bond donors (Lipinski definition) is 1. The first-order chi connectivity index (χ1) is 9.89. The molecule has 5 nitrogen and oxygen atoms in total. The molecule has 6 heteroatoms. The largest absolute Gasteiger partial charge is 0.385 e. The lowest BCUT2D eigenvalue weighted by molar-refractivity contribution is -0.116. The molecule has 0 aliphatic heterocycles. The highest BCUT2D eigenvalue weighted by Crippen LogP contribution is 2.22. The first-order valence-electron chi connectivity index (χ1n) is 7.32. The zero-order valence-corrected chi connectivity index (χ0v) is 14.5. The third-order valence-electron chi connectivity index (χ3n) is 3.36. The van der Waals surface area contributed by atoms with Crippen molar-refractivity contribution in [3.8, 4) is 0 Å². The van der Waals surface area contributed by atoms with E-state index < -0.39 is 0 Å². The molecule has 0 saturated carbocycles. The number of ether oxygens (including phenoxy) is 1. The zero-order chi connectivity index (χ0) is 15.9. The minimum atomic E-state index is 0.0343. The molecule has 1 rings (SSSR count). The Morgan fingerprint density at radius 3 is 2.81 bits per heavy atom. The van der Waals surface area contributed by atoms with E-state index in [1.165, 1.54) is 11.3 Å². The molecule has 1 aromatic rings. The Labute approximate surface area is 131 Å². The van der Waals surface area contributed by atoms with E-state index in [9.17, 15) is 4.79 Å². The fourth-order valence-corrected chi connectivity index (χ4v) is 2.92. The highest BCUT2D eigenvalue weighted by molar-refractivity contribution is 7.14. The number of thiazole rings is 1. The first kappa shape index (κ1) is 18.1. The van der Waals surface area contributed by atoms with Crippen molar-refractivity contribution < 1.29 is 9.53 Å². The second kappa shape index (κ2) is 8.46. The van der Waals surface area contributed by atoms with Crippen LogP contribution in [-0.2, 0) is 16.1 Å². The molecule has 1 N–H and O–H groups in total. The first-order valence-corrected chi connectivity index (χ1v) is 8.19. The summed E-state index contributed by atoms with van der Waals surface area (Å²) in [5.41, 5.74) is 1.18. The van der Waals surface area contributed by atoms with Crippen molar-refractivity contribution in [1.82, 2.24) is 10.3 Å². The lowest BCUT2D eigenvalue weighted by atomic mass is 9.90. The fourth-order valence-electron chi connectivity index (χ4n) is 1.99. The predicted molar refractivity (Wildman–Crippen MR) is 87.8 cm³/mol. The number of rotatable bonds is 9. The van der Waals surface area contributed by atoms with Crippen LogP contribution < -0.4 is 10.2 Å². The fraction of sp³-hybridized carbons (Fsp3) is 0.733. The van der Waals surface area contributed by atoms with Crippen LogP contribution in [0.4, 0.5) is 5.13 Å². The van der Waals surface area contributed by atoms with Gasteiger partial charge in [0.2, 0.25) is 5.91 Å². The van der Waals surface area contributed by atoms with Crippen molar-refractivity contribution in [2.24, 2.45) is 5.41 Å². The summed E-state index contributed by atoms with van der Waals surface area (Å²) < 4.78 is 5.13. The summed E-state index contributed by atoms with van der Waals surface area (Å²) in [5, 5.41) is 6.22. The number of nitrogens with zero attached hydrogens (tertiary/aromatic N) is 2. The Morgan fingerprint density at radius 1 is 1.52 bits per heavy atom. The topological polar surface area (TPSA) is 54.5 Å². The summed E-state index contributed by atoms with van der Waals surface area (Å²) in [7, 11) is 1.73. The van der Waals surface area contributed by atoms with Crippen LogP contribution in [-0.4, -0.2) is 37.7 Å². The average Bonchev–Trinajstić information content (AvgIpc) is 2.85. The van der Waals surface area contributed by atoms with Crippen molar-refractivity contribution in [2.75, 3.05) is 31.7 Å². The molecule has 21 heavy (non-hydrogen) atoms. The van der Waals surface area contributed by atoms with Crippen LogP contribution in [0, 0.1) is 5.41 Å². The van der Waals surface area contributed by atoms with Gasteiger partial charge in [0.1, 0.15) is 0 Å². The van der Waals surface area contributed by atoms with Gasteiger partial charge in [-0.15, -0.1) is 11.3 Å². The number of methoxy groups -OCH3 is 1. The van der Waals surface area contributed by atoms with Gasteiger partial charge in [-0.2, -0.15) is 0 Å². The number of amides is 1. The van der Waals surface area contributed by atoms with Crippen LogP contribution in [0.25, 0.3) is 0 Å². The van der Waals surface area contributed by atoms with E-state index in [0.717, 1.165) is 36.9 Å². The lowest BCUT2D eigenvalue weighted by Gasteiger charge is -2.24. The summed E-state index contributed by atoms with van der Waals surface area (Å²) in [6, 6.07) is 0. The summed E-state index contributed by atoms with van der Waals surface area (Å²) >= 11 is 1.52. The Hall–Kier alpha value is -0.980. The number of aromatic nitrogens is 1. The van der Waals surface area contributed by atoms with Crippen molar-refractivity contribution >= 4 is 22.4 Å². The second-order valence-electron chi connectivity index (χ2n) is 5.90. The molecular weight excluding hydrogens is 286 g/mol. The summed E-state index contributed by atoms with van der Waals surface area (Å²) in [4.78, 5) is 17.7. The molecule has 120 valence electrons. The molecule has 0 spiro atoms. The highest BCUT2D eigenvalue weighted by atomic mass is 32.1. The van der Waals surface area contributed by atoms with Crippen LogP contribution in [0.5, 0.6) is 0 Å². The Bertz CT molecular complexity index is 446. The quantitative estimate of drug-likeness (QED) is 0.761. The van der Waals surface area contributed by atoms with E-state index in [1.807, 2.05) is 12.3 Å². The maximum atomic E-state index is 11.5. The monoisotopic (exact) mass is 313 g/mol. The van der Waals surface area contributed by atoms with Crippen LogP contribution >= 0.6 is 11.3 Å². The minimum Gasteiger partial charge on any atom is -0.385 e. The molecule has 0 radical (unpaired) electrons. The zero-order valence-electron chi connectivity index (χ0n) is 13.7. The van der Waals surface area contributed by atoms with Crippen molar-refractivity contribution in [1.29, 1.82) is 0 Å². The van der Waals surface area contributed by atoms with E-state index >= 15 is 0 Å².